The van der Waals surface area contributed by atoms with Gasteiger partial charge in [0, 0.05) is 6.54 Å². The number of pyridine rings is 1. The third-order valence-corrected chi connectivity index (χ3v) is 3.24. The van der Waals surface area contributed by atoms with Crippen molar-refractivity contribution in [2.24, 2.45) is 5.84 Å². The van der Waals surface area contributed by atoms with Gasteiger partial charge in [0.1, 0.15) is 11.6 Å². The monoisotopic (exact) mass is 312 g/mol. The van der Waals surface area contributed by atoms with E-state index in [-0.39, 0.29) is 0 Å². The van der Waals surface area contributed by atoms with Crippen LogP contribution in [0.1, 0.15) is 5.56 Å². The van der Waals surface area contributed by atoms with Crippen molar-refractivity contribution < 1.29 is 4.74 Å². The minimum atomic E-state index is 0.365. The second kappa shape index (κ2) is 6.65. The molecule has 4 N–H and O–H groups in total. The molecule has 0 aliphatic heterocycles. The van der Waals surface area contributed by atoms with Crippen molar-refractivity contribution >= 4 is 34.8 Å². The number of hydrogen-bond donors (Lipinski definition) is 3. The van der Waals surface area contributed by atoms with Gasteiger partial charge in [-0.3, -0.25) is 0 Å². The maximum Gasteiger partial charge on any atom is 0.161 e. The molecular formula is C13H14Cl2N4O. The minimum absolute atomic E-state index is 0.365. The smallest absolute Gasteiger partial charge is 0.161 e. The van der Waals surface area contributed by atoms with Crippen molar-refractivity contribution in [3.63, 3.8) is 0 Å². The molecule has 0 aliphatic carbocycles. The van der Waals surface area contributed by atoms with Crippen molar-refractivity contribution in [1.29, 1.82) is 0 Å². The third-order valence-electron chi connectivity index (χ3n) is 2.66. The number of nitrogens with one attached hydrogen (secondary N) is 2. The highest BCUT2D eigenvalue weighted by molar-refractivity contribution is 6.37. The number of hydrazine groups is 1. The lowest BCUT2D eigenvalue weighted by atomic mass is 10.2. The van der Waals surface area contributed by atoms with Crippen LogP contribution in [0.25, 0.3) is 0 Å². The van der Waals surface area contributed by atoms with Gasteiger partial charge in [0.15, 0.2) is 5.82 Å². The van der Waals surface area contributed by atoms with Crippen LogP contribution in [0, 0.1) is 0 Å². The summed E-state index contributed by atoms with van der Waals surface area (Å²) in [7, 11) is 1.63. The first-order chi connectivity index (χ1) is 9.63. The average molecular weight is 313 g/mol. The number of nitrogen functional groups attached to an aromatic ring is 1. The molecule has 0 aliphatic rings. The van der Waals surface area contributed by atoms with E-state index in [1.54, 1.807) is 13.2 Å². The summed E-state index contributed by atoms with van der Waals surface area (Å²) in [6.45, 7) is 0.551. The van der Waals surface area contributed by atoms with Gasteiger partial charge in [0.05, 0.1) is 17.2 Å². The summed E-state index contributed by atoms with van der Waals surface area (Å²) in [6, 6.07) is 9.28. The lowest BCUT2D eigenvalue weighted by Crippen LogP contribution is -2.11. The van der Waals surface area contributed by atoms with Crippen molar-refractivity contribution in [2.45, 2.75) is 6.54 Å². The van der Waals surface area contributed by atoms with E-state index in [9.17, 15) is 0 Å². The quantitative estimate of drug-likeness (QED) is 0.583. The Bertz CT molecular complexity index is 607. The molecule has 1 aromatic carbocycles. The predicted molar refractivity (Wildman–Crippen MR) is 82.4 cm³/mol. The van der Waals surface area contributed by atoms with Crippen LogP contribution in [-0.4, -0.2) is 12.1 Å². The Morgan fingerprint density at radius 2 is 1.95 bits per heavy atom. The second-order valence-electron chi connectivity index (χ2n) is 4.00. The van der Waals surface area contributed by atoms with Crippen LogP contribution in [0.3, 0.4) is 0 Å². The number of nitrogens with two attached hydrogens (primary N) is 1. The summed E-state index contributed by atoms with van der Waals surface area (Å²) in [5, 5.41) is 3.92. The first-order valence-corrected chi connectivity index (χ1v) is 6.59. The first-order valence-electron chi connectivity index (χ1n) is 5.83. The van der Waals surface area contributed by atoms with Crippen LogP contribution in [-0.2, 0) is 6.54 Å². The molecule has 2 rings (SSSR count). The summed E-state index contributed by atoms with van der Waals surface area (Å²) >= 11 is 12.0. The van der Waals surface area contributed by atoms with E-state index in [1.165, 1.54) is 0 Å². The predicted octanol–water partition coefficient (Wildman–Crippen LogP) is 3.29. The second-order valence-corrected chi connectivity index (χ2v) is 4.81. The molecule has 0 spiro atoms. The van der Waals surface area contributed by atoms with Gasteiger partial charge in [-0.1, -0.05) is 35.3 Å². The molecule has 0 atom stereocenters. The normalized spacial score (nSPS) is 10.2. The van der Waals surface area contributed by atoms with Crippen LogP contribution >= 0.6 is 23.2 Å². The van der Waals surface area contributed by atoms with Gasteiger partial charge in [-0.05, 0) is 23.8 Å². The molecule has 20 heavy (non-hydrogen) atoms. The van der Waals surface area contributed by atoms with E-state index >= 15 is 0 Å². The first kappa shape index (κ1) is 14.7. The topological polar surface area (TPSA) is 72.2 Å². The number of aromatic nitrogens is 1. The number of benzene rings is 1. The summed E-state index contributed by atoms with van der Waals surface area (Å²) in [5.74, 6) is 7.00. The Kier molecular flexibility index (Phi) is 4.89. The molecule has 0 bridgehead atoms. The lowest BCUT2D eigenvalue weighted by molar-refractivity contribution is 0.414. The third kappa shape index (κ3) is 3.45. The lowest BCUT2D eigenvalue weighted by Gasteiger charge is -2.11. The zero-order chi connectivity index (χ0) is 14.5. The molecular weight excluding hydrogens is 299 g/mol. The molecule has 0 fully saturated rings. The Labute approximate surface area is 127 Å². The summed E-state index contributed by atoms with van der Waals surface area (Å²) in [4.78, 5) is 4.21. The number of anilines is 2. The van der Waals surface area contributed by atoms with Gasteiger partial charge in [-0.25, -0.2) is 10.8 Å². The number of halogens is 2. The molecule has 0 radical (unpaired) electrons. The highest BCUT2D eigenvalue weighted by atomic mass is 35.5. The fourth-order valence-corrected chi connectivity index (χ4v) is 2.14. The average Bonchev–Trinajstić information content (AvgIpc) is 2.46. The van der Waals surface area contributed by atoms with Crippen LogP contribution in [0.5, 0.6) is 5.75 Å². The van der Waals surface area contributed by atoms with Crippen molar-refractivity contribution in [1.82, 2.24) is 4.98 Å². The van der Waals surface area contributed by atoms with E-state index in [2.05, 4.69) is 15.7 Å². The molecule has 1 aromatic heterocycles. The number of hydrogen-bond acceptors (Lipinski definition) is 5. The minimum Gasteiger partial charge on any atom is -0.497 e. The molecule has 0 saturated carbocycles. The van der Waals surface area contributed by atoms with E-state index in [0.717, 1.165) is 11.3 Å². The molecule has 0 unspecified atom stereocenters. The van der Waals surface area contributed by atoms with Gasteiger partial charge in [0.2, 0.25) is 0 Å². The van der Waals surface area contributed by atoms with Gasteiger partial charge in [0.25, 0.3) is 0 Å². The van der Waals surface area contributed by atoms with E-state index < -0.39 is 0 Å². The molecule has 1 heterocycles. The van der Waals surface area contributed by atoms with Gasteiger partial charge < -0.3 is 15.5 Å². The van der Waals surface area contributed by atoms with Crippen LogP contribution in [0.2, 0.25) is 10.0 Å². The zero-order valence-corrected chi connectivity index (χ0v) is 12.3. The van der Waals surface area contributed by atoms with Crippen molar-refractivity contribution in [2.75, 3.05) is 17.9 Å². The largest absolute Gasteiger partial charge is 0.497 e. The summed E-state index contributed by atoms with van der Waals surface area (Å²) < 4.78 is 5.17. The van der Waals surface area contributed by atoms with Crippen molar-refractivity contribution in [3.8, 4) is 5.75 Å². The molecule has 0 amide bonds. The number of methoxy groups -OCH3 is 1. The maximum absolute atomic E-state index is 6.08. The van der Waals surface area contributed by atoms with E-state index in [4.69, 9.17) is 33.8 Å². The van der Waals surface area contributed by atoms with Crippen LogP contribution < -0.4 is 21.3 Å². The van der Waals surface area contributed by atoms with Crippen molar-refractivity contribution in [3.05, 3.63) is 45.9 Å². The molecule has 5 nitrogen and oxygen atoms in total. The zero-order valence-electron chi connectivity index (χ0n) is 10.8. The van der Waals surface area contributed by atoms with Gasteiger partial charge in [-0.15, -0.1) is 0 Å². The van der Waals surface area contributed by atoms with Crippen LogP contribution in [0.4, 0.5) is 11.6 Å². The molecule has 106 valence electrons. The fourth-order valence-electron chi connectivity index (χ4n) is 1.66. The Morgan fingerprint density at radius 3 is 2.65 bits per heavy atom. The molecule has 0 saturated heterocycles. The highest BCUT2D eigenvalue weighted by Crippen LogP contribution is 2.29. The Balaban J connectivity index is 2.14. The van der Waals surface area contributed by atoms with Gasteiger partial charge >= 0.3 is 0 Å². The fraction of sp³-hybridized carbons (Fsp3) is 0.154. The summed E-state index contributed by atoms with van der Waals surface area (Å²) in [5.41, 5.74) is 3.46. The number of ether oxygens (including phenoxy) is 1. The highest BCUT2D eigenvalue weighted by Gasteiger charge is 2.08. The van der Waals surface area contributed by atoms with E-state index in [0.29, 0.717) is 28.2 Å². The summed E-state index contributed by atoms with van der Waals surface area (Å²) in [6.07, 6.45) is 0. The Morgan fingerprint density at radius 1 is 1.20 bits per heavy atom. The molecule has 7 heteroatoms. The number of nitrogens with zero attached hydrogens (tertiary/aromatic N) is 1. The standard InChI is InChI=1S/C13H14Cl2N4O/c1-20-9-4-2-3-8(5-9)7-17-12-10(14)6-11(15)13(18-12)19-16/h2-6H,7,16H2,1H3,(H2,17,18,19). The van der Waals surface area contributed by atoms with Crippen LogP contribution in [0.15, 0.2) is 30.3 Å². The van der Waals surface area contributed by atoms with Gasteiger partial charge in [-0.2, -0.15) is 0 Å². The Hall–Kier alpha value is -1.69. The molecule has 2 aromatic rings. The number of rotatable bonds is 5. The maximum atomic E-state index is 6.08. The SMILES string of the molecule is COc1cccc(CNc2nc(NN)c(Cl)cc2Cl)c1. The van der Waals surface area contributed by atoms with E-state index in [1.807, 2.05) is 24.3 Å².